The predicted molar refractivity (Wildman–Crippen MR) is 83.8 cm³/mol. The van der Waals surface area contributed by atoms with Crippen LogP contribution in [0.3, 0.4) is 0 Å². The lowest BCUT2D eigenvalue weighted by molar-refractivity contribution is 0.381. The summed E-state index contributed by atoms with van der Waals surface area (Å²) in [5.41, 5.74) is 6.61. The van der Waals surface area contributed by atoms with Gasteiger partial charge in [-0.05, 0) is 18.6 Å². The molecule has 0 aliphatic rings. The van der Waals surface area contributed by atoms with Gasteiger partial charge in [0.2, 0.25) is 0 Å². The third-order valence-electron chi connectivity index (χ3n) is 3.51. The summed E-state index contributed by atoms with van der Waals surface area (Å²) in [5.74, 6) is 0.381. The summed E-state index contributed by atoms with van der Waals surface area (Å²) in [6.45, 7) is 2.18. The van der Waals surface area contributed by atoms with Crippen molar-refractivity contribution in [1.29, 1.82) is 0 Å². The number of nitrogens with two attached hydrogens (primary N) is 1. The molecule has 0 amide bonds. The highest BCUT2D eigenvalue weighted by molar-refractivity contribution is 6.33. The average Bonchev–Trinajstić information content (AvgIpc) is 2.80. The summed E-state index contributed by atoms with van der Waals surface area (Å²) in [6.07, 6.45) is 6.38. The fraction of sp³-hybridized carbons (Fsp3) is 0.438. The summed E-state index contributed by atoms with van der Waals surface area (Å²) in [6, 6.07) is 4.56. The molecule has 114 valence electrons. The SMILES string of the molecule is CCCCCCCc1onc(N)c1-c1c(F)cccc1Cl. The molecule has 5 heteroatoms. The van der Waals surface area contributed by atoms with Crippen molar-refractivity contribution >= 4 is 17.4 Å². The van der Waals surface area contributed by atoms with Gasteiger partial charge in [-0.3, -0.25) is 0 Å². The van der Waals surface area contributed by atoms with Crippen molar-refractivity contribution in [2.45, 2.75) is 45.4 Å². The maximum absolute atomic E-state index is 14.1. The maximum atomic E-state index is 14.1. The van der Waals surface area contributed by atoms with Crippen LogP contribution in [-0.2, 0) is 6.42 Å². The number of aryl methyl sites for hydroxylation is 1. The topological polar surface area (TPSA) is 52.0 Å². The molecule has 1 heterocycles. The molecule has 2 aromatic rings. The molecule has 0 bridgehead atoms. The number of nitrogen functional groups attached to an aromatic ring is 1. The molecular weight excluding hydrogens is 291 g/mol. The first-order valence-electron chi connectivity index (χ1n) is 7.33. The summed E-state index contributed by atoms with van der Waals surface area (Å²) in [5, 5.41) is 4.08. The standard InChI is InChI=1S/C16H20ClFN2O/c1-2-3-4-5-6-10-13-15(16(19)20-21-13)14-11(17)8-7-9-12(14)18/h7-9H,2-6,10H2,1H3,(H2,19,20). The molecule has 0 aliphatic carbocycles. The van der Waals surface area contributed by atoms with Crippen LogP contribution in [0.25, 0.3) is 11.1 Å². The zero-order valence-electron chi connectivity index (χ0n) is 12.2. The highest BCUT2D eigenvalue weighted by atomic mass is 35.5. The highest BCUT2D eigenvalue weighted by Crippen LogP contribution is 2.37. The normalized spacial score (nSPS) is 11.0. The number of halogens is 2. The monoisotopic (exact) mass is 310 g/mol. The van der Waals surface area contributed by atoms with E-state index in [1.54, 1.807) is 12.1 Å². The molecule has 1 aromatic heterocycles. The van der Waals surface area contributed by atoms with Crippen LogP contribution in [0.2, 0.25) is 5.02 Å². The molecule has 21 heavy (non-hydrogen) atoms. The van der Waals surface area contributed by atoms with E-state index in [0.29, 0.717) is 22.8 Å². The molecule has 0 saturated carbocycles. The number of hydrogen-bond acceptors (Lipinski definition) is 3. The maximum Gasteiger partial charge on any atom is 0.175 e. The number of rotatable bonds is 7. The Morgan fingerprint density at radius 1 is 1.19 bits per heavy atom. The van der Waals surface area contributed by atoms with E-state index in [1.165, 1.54) is 25.3 Å². The third kappa shape index (κ3) is 3.76. The lowest BCUT2D eigenvalue weighted by Gasteiger charge is -2.06. The third-order valence-corrected chi connectivity index (χ3v) is 3.82. The van der Waals surface area contributed by atoms with E-state index in [1.807, 2.05) is 0 Å². The van der Waals surface area contributed by atoms with Crippen LogP contribution in [0.1, 0.15) is 44.8 Å². The Morgan fingerprint density at radius 3 is 2.67 bits per heavy atom. The van der Waals surface area contributed by atoms with Gasteiger partial charge >= 0.3 is 0 Å². The molecule has 0 atom stereocenters. The Hall–Kier alpha value is -1.55. The van der Waals surface area contributed by atoms with Gasteiger partial charge in [0.15, 0.2) is 5.82 Å². The van der Waals surface area contributed by atoms with E-state index < -0.39 is 5.82 Å². The molecule has 0 radical (unpaired) electrons. The minimum Gasteiger partial charge on any atom is -0.380 e. The lowest BCUT2D eigenvalue weighted by atomic mass is 10.0. The lowest BCUT2D eigenvalue weighted by Crippen LogP contribution is -1.94. The van der Waals surface area contributed by atoms with Gasteiger partial charge in [-0.2, -0.15) is 0 Å². The number of aromatic nitrogens is 1. The van der Waals surface area contributed by atoms with Crippen LogP contribution < -0.4 is 5.73 Å². The number of unbranched alkanes of at least 4 members (excludes halogenated alkanes) is 4. The molecule has 1 aromatic carbocycles. The summed E-state index contributed by atoms with van der Waals surface area (Å²) in [4.78, 5) is 0. The Kier molecular flexibility index (Phi) is 5.62. The van der Waals surface area contributed by atoms with Crippen molar-refractivity contribution in [2.24, 2.45) is 0 Å². The van der Waals surface area contributed by atoms with E-state index in [2.05, 4.69) is 12.1 Å². The number of benzene rings is 1. The second-order valence-electron chi connectivity index (χ2n) is 5.13. The molecule has 0 spiro atoms. The predicted octanol–water partition coefficient (Wildman–Crippen LogP) is 5.23. The molecular formula is C16H20ClFN2O. The summed E-state index contributed by atoms with van der Waals surface area (Å²) in [7, 11) is 0. The van der Waals surface area contributed by atoms with E-state index in [9.17, 15) is 4.39 Å². The van der Waals surface area contributed by atoms with Crippen LogP contribution >= 0.6 is 11.6 Å². The van der Waals surface area contributed by atoms with Gasteiger partial charge in [0.25, 0.3) is 0 Å². The molecule has 0 saturated heterocycles. The number of nitrogens with zero attached hydrogens (tertiary/aromatic N) is 1. The van der Waals surface area contributed by atoms with Gasteiger partial charge in [0, 0.05) is 12.0 Å². The highest BCUT2D eigenvalue weighted by Gasteiger charge is 2.21. The van der Waals surface area contributed by atoms with Gasteiger partial charge in [-0.1, -0.05) is 55.4 Å². The smallest absolute Gasteiger partial charge is 0.175 e. The Balaban J connectivity index is 2.19. The minimum atomic E-state index is -0.412. The van der Waals surface area contributed by atoms with Crippen molar-refractivity contribution in [1.82, 2.24) is 5.16 Å². The second kappa shape index (κ2) is 7.46. The van der Waals surface area contributed by atoms with Crippen LogP contribution in [0.4, 0.5) is 10.2 Å². The van der Waals surface area contributed by atoms with Gasteiger partial charge < -0.3 is 10.3 Å². The second-order valence-corrected chi connectivity index (χ2v) is 5.53. The molecule has 0 unspecified atom stereocenters. The van der Waals surface area contributed by atoms with E-state index in [-0.39, 0.29) is 11.4 Å². The quantitative estimate of drug-likeness (QED) is 0.712. The van der Waals surface area contributed by atoms with Crippen LogP contribution in [0, 0.1) is 5.82 Å². The first kappa shape index (κ1) is 15.8. The van der Waals surface area contributed by atoms with Crippen LogP contribution in [-0.4, -0.2) is 5.16 Å². The van der Waals surface area contributed by atoms with Crippen LogP contribution in [0.5, 0.6) is 0 Å². The zero-order chi connectivity index (χ0) is 15.2. The van der Waals surface area contributed by atoms with Crippen LogP contribution in [0.15, 0.2) is 22.7 Å². The van der Waals surface area contributed by atoms with Crippen molar-refractivity contribution in [3.05, 3.63) is 34.8 Å². The molecule has 2 rings (SSSR count). The van der Waals surface area contributed by atoms with Gasteiger partial charge in [0.1, 0.15) is 11.6 Å². The largest absolute Gasteiger partial charge is 0.380 e. The molecule has 0 fully saturated rings. The van der Waals surface area contributed by atoms with Crippen molar-refractivity contribution in [2.75, 3.05) is 5.73 Å². The Morgan fingerprint density at radius 2 is 1.95 bits per heavy atom. The minimum absolute atomic E-state index is 0.186. The Bertz CT molecular complexity index is 578. The van der Waals surface area contributed by atoms with E-state index in [0.717, 1.165) is 12.8 Å². The van der Waals surface area contributed by atoms with Crippen molar-refractivity contribution in [3.8, 4) is 11.1 Å². The van der Waals surface area contributed by atoms with Gasteiger partial charge in [-0.25, -0.2) is 4.39 Å². The molecule has 2 N–H and O–H groups in total. The summed E-state index contributed by atoms with van der Waals surface area (Å²) >= 11 is 6.10. The molecule has 3 nitrogen and oxygen atoms in total. The number of anilines is 1. The average molecular weight is 311 g/mol. The zero-order valence-corrected chi connectivity index (χ0v) is 12.9. The molecule has 0 aliphatic heterocycles. The fourth-order valence-electron chi connectivity index (χ4n) is 2.40. The van der Waals surface area contributed by atoms with Gasteiger partial charge in [-0.15, -0.1) is 0 Å². The first-order valence-corrected chi connectivity index (χ1v) is 7.71. The van der Waals surface area contributed by atoms with E-state index >= 15 is 0 Å². The van der Waals surface area contributed by atoms with Gasteiger partial charge in [0.05, 0.1) is 10.6 Å². The number of hydrogen-bond donors (Lipinski definition) is 1. The first-order chi connectivity index (χ1) is 10.1. The fourth-order valence-corrected chi connectivity index (χ4v) is 2.66. The Labute approximate surface area is 129 Å². The summed E-state index contributed by atoms with van der Waals surface area (Å²) < 4.78 is 19.3. The van der Waals surface area contributed by atoms with E-state index in [4.69, 9.17) is 21.9 Å². The van der Waals surface area contributed by atoms with Crippen molar-refractivity contribution in [3.63, 3.8) is 0 Å². The van der Waals surface area contributed by atoms with Crippen molar-refractivity contribution < 1.29 is 8.91 Å².